The number of nitrogens with zero attached hydrogens (tertiary/aromatic N) is 2. The minimum atomic E-state index is -4.03. The number of nitrogens with one attached hydrogen (secondary N) is 2. The predicted molar refractivity (Wildman–Crippen MR) is 158 cm³/mol. The number of hydrogen-bond donors (Lipinski definition) is 2. The maximum Gasteiger partial charge on any atom is 0.264 e. The molecule has 0 unspecified atom stereocenters. The molecule has 4 aromatic rings. The molecule has 0 saturated carbocycles. The molecule has 1 aromatic heterocycles. The fourth-order valence-electron chi connectivity index (χ4n) is 3.55. The first-order valence-electron chi connectivity index (χ1n) is 12.4. The van der Waals surface area contributed by atoms with Crippen LogP contribution in [-0.4, -0.2) is 39.6 Å². The standard InChI is InChI=1S/C29H27BrN4O6S/c1-21-4-14-27(15-5-21)41(37,38)34(24-10-8-23(30)9-11-24)19-28(35)33-32-17-22-6-12-25(13-7-22)40-20-29(36)31-18-26-3-2-16-39-26/h2-17H,18-20H2,1H3,(H,31,36)(H,33,35)/b32-17+. The third kappa shape index (κ3) is 8.53. The Labute approximate surface area is 246 Å². The highest BCUT2D eigenvalue weighted by molar-refractivity contribution is 9.10. The lowest BCUT2D eigenvalue weighted by Crippen LogP contribution is -2.39. The van der Waals surface area contributed by atoms with Gasteiger partial charge in [0.15, 0.2) is 6.61 Å². The lowest BCUT2D eigenvalue weighted by Gasteiger charge is -2.23. The second kappa shape index (κ2) is 13.8. The van der Waals surface area contributed by atoms with Crippen molar-refractivity contribution in [3.63, 3.8) is 0 Å². The van der Waals surface area contributed by atoms with Gasteiger partial charge in [-0.25, -0.2) is 13.8 Å². The number of rotatable bonds is 12. The largest absolute Gasteiger partial charge is 0.484 e. The van der Waals surface area contributed by atoms with Crippen molar-refractivity contribution in [2.75, 3.05) is 17.5 Å². The van der Waals surface area contributed by atoms with Crippen LogP contribution in [0.4, 0.5) is 5.69 Å². The quantitative estimate of drug-likeness (QED) is 0.175. The van der Waals surface area contributed by atoms with E-state index in [0.29, 0.717) is 22.8 Å². The molecular weight excluding hydrogens is 612 g/mol. The van der Waals surface area contributed by atoms with Crippen LogP contribution in [0, 0.1) is 6.92 Å². The first-order valence-corrected chi connectivity index (χ1v) is 14.6. The van der Waals surface area contributed by atoms with E-state index < -0.39 is 22.5 Å². The first-order chi connectivity index (χ1) is 19.7. The van der Waals surface area contributed by atoms with E-state index in [9.17, 15) is 18.0 Å². The van der Waals surface area contributed by atoms with Gasteiger partial charge in [0.25, 0.3) is 21.8 Å². The van der Waals surface area contributed by atoms with E-state index in [4.69, 9.17) is 9.15 Å². The molecule has 2 amide bonds. The summed E-state index contributed by atoms with van der Waals surface area (Å²) in [5.74, 6) is 0.200. The number of furan rings is 1. The Morgan fingerprint density at radius 1 is 0.976 bits per heavy atom. The van der Waals surface area contributed by atoms with Gasteiger partial charge in [-0.15, -0.1) is 0 Å². The summed E-state index contributed by atoms with van der Waals surface area (Å²) in [7, 11) is -4.03. The molecule has 1 heterocycles. The van der Waals surface area contributed by atoms with Gasteiger partial charge in [-0.2, -0.15) is 5.10 Å². The van der Waals surface area contributed by atoms with Gasteiger partial charge in [-0.1, -0.05) is 33.6 Å². The smallest absolute Gasteiger partial charge is 0.264 e. The van der Waals surface area contributed by atoms with E-state index in [1.165, 1.54) is 24.6 Å². The highest BCUT2D eigenvalue weighted by atomic mass is 79.9. The van der Waals surface area contributed by atoms with E-state index in [1.54, 1.807) is 72.8 Å². The number of halogens is 1. The molecule has 0 atom stereocenters. The SMILES string of the molecule is Cc1ccc(S(=O)(=O)N(CC(=O)N/N=C/c2ccc(OCC(=O)NCc3ccco3)cc2)c2ccc(Br)cc2)cc1. The Bertz CT molecular complexity index is 1590. The van der Waals surface area contributed by atoms with Crippen molar-refractivity contribution < 1.29 is 27.2 Å². The van der Waals surface area contributed by atoms with E-state index in [1.807, 2.05) is 6.92 Å². The topological polar surface area (TPSA) is 130 Å². The summed E-state index contributed by atoms with van der Waals surface area (Å²) in [5.41, 5.74) is 4.27. The molecule has 0 bridgehead atoms. The van der Waals surface area contributed by atoms with Crippen LogP contribution in [-0.2, 0) is 26.2 Å². The lowest BCUT2D eigenvalue weighted by molar-refractivity contribution is -0.123. The molecular formula is C29H27BrN4O6S. The van der Waals surface area contributed by atoms with E-state index >= 15 is 0 Å². The molecule has 0 radical (unpaired) electrons. The molecule has 10 nitrogen and oxygen atoms in total. The number of hydrogen-bond acceptors (Lipinski definition) is 7. The van der Waals surface area contributed by atoms with Gasteiger partial charge in [0.05, 0.1) is 29.6 Å². The lowest BCUT2D eigenvalue weighted by atomic mass is 10.2. The molecule has 3 aromatic carbocycles. The highest BCUT2D eigenvalue weighted by Gasteiger charge is 2.27. The zero-order valence-electron chi connectivity index (χ0n) is 22.0. The van der Waals surface area contributed by atoms with Gasteiger partial charge in [-0.3, -0.25) is 13.9 Å². The van der Waals surface area contributed by atoms with Crippen molar-refractivity contribution in [2.45, 2.75) is 18.4 Å². The third-order valence-corrected chi connectivity index (χ3v) is 8.02. The summed E-state index contributed by atoms with van der Waals surface area (Å²) < 4.78 is 39.3. The fourth-order valence-corrected chi connectivity index (χ4v) is 5.24. The molecule has 0 saturated heterocycles. The molecule has 41 heavy (non-hydrogen) atoms. The normalized spacial score (nSPS) is 11.3. The summed E-state index contributed by atoms with van der Waals surface area (Å²) in [5, 5.41) is 6.64. The second-order valence-electron chi connectivity index (χ2n) is 8.81. The van der Waals surface area contributed by atoms with Crippen LogP contribution in [0.1, 0.15) is 16.9 Å². The van der Waals surface area contributed by atoms with Crippen LogP contribution in [0.3, 0.4) is 0 Å². The molecule has 12 heteroatoms. The molecule has 0 aliphatic heterocycles. The van der Waals surface area contributed by atoms with Gasteiger partial charge in [0.1, 0.15) is 18.1 Å². The van der Waals surface area contributed by atoms with Crippen LogP contribution in [0.15, 0.2) is 110 Å². The fraction of sp³-hybridized carbons (Fsp3) is 0.138. The number of carbonyl (C=O) groups is 2. The number of ether oxygens (including phenoxy) is 1. The molecule has 212 valence electrons. The Balaban J connectivity index is 1.33. The zero-order valence-corrected chi connectivity index (χ0v) is 24.4. The second-order valence-corrected chi connectivity index (χ2v) is 11.6. The van der Waals surface area contributed by atoms with Crippen molar-refractivity contribution in [3.05, 3.63) is 113 Å². The van der Waals surface area contributed by atoms with Crippen LogP contribution in [0.25, 0.3) is 0 Å². The van der Waals surface area contributed by atoms with Crippen LogP contribution in [0.2, 0.25) is 0 Å². The number of aryl methyl sites for hydroxylation is 1. The van der Waals surface area contributed by atoms with E-state index in [0.717, 1.165) is 14.3 Å². The molecule has 4 rings (SSSR count). The average Bonchev–Trinajstić information content (AvgIpc) is 3.49. The Morgan fingerprint density at radius 3 is 2.34 bits per heavy atom. The van der Waals surface area contributed by atoms with Gasteiger partial charge < -0.3 is 14.5 Å². The van der Waals surface area contributed by atoms with Crippen molar-refractivity contribution in [2.24, 2.45) is 5.10 Å². The maximum absolute atomic E-state index is 13.4. The Morgan fingerprint density at radius 2 is 1.68 bits per heavy atom. The number of hydrazone groups is 1. The minimum Gasteiger partial charge on any atom is -0.484 e. The average molecular weight is 640 g/mol. The number of benzene rings is 3. The summed E-state index contributed by atoms with van der Waals surface area (Å²) in [6.45, 7) is 1.49. The van der Waals surface area contributed by atoms with Gasteiger partial charge in [0, 0.05) is 4.47 Å². The summed E-state index contributed by atoms with van der Waals surface area (Å²) in [4.78, 5) is 24.8. The monoisotopic (exact) mass is 638 g/mol. The Kier molecular flexibility index (Phi) is 9.93. The van der Waals surface area contributed by atoms with Gasteiger partial charge in [0.2, 0.25) is 0 Å². The van der Waals surface area contributed by atoms with Crippen LogP contribution in [0.5, 0.6) is 5.75 Å². The van der Waals surface area contributed by atoms with Crippen LogP contribution >= 0.6 is 15.9 Å². The Hall–Kier alpha value is -4.42. The minimum absolute atomic E-state index is 0.0691. The molecule has 0 fully saturated rings. The zero-order chi connectivity index (χ0) is 29.2. The third-order valence-electron chi connectivity index (χ3n) is 5.70. The predicted octanol–water partition coefficient (Wildman–Crippen LogP) is 4.39. The summed E-state index contributed by atoms with van der Waals surface area (Å²) in [6.07, 6.45) is 2.94. The summed E-state index contributed by atoms with van der Waals surface area (Å²) >= 11 is 3.34. The van der Waals surface area contributed by atoms with E-state index in [-0.39, 0.29) is 24.0 Å². The number of carbonyl (C=O) groups excluding carboxylic acids is 2. The van der Waals surface area contributed by atoms with Crippen molar-refractivity contribution in [1.29, 1.82) is 0 Å². The summed E-state index contributed by atoms with van der Waals surface area (Å²) in [6, 6.07) is 23.2. The van der Waals surface area contributed by atoms with Crippen molar-refractivity contribution >= 4 is 49.7 Å². The molecule has 0 aliphatic rings. The molecule has 2 N–H and O–H groups in total. The van der Waals surface area contributed by atoms with Gasteiger partial charge in [-0.05, 0) is 85.3 Å². The maximum atomic E-state index is 13.4. The number of sulfonamides is 1. The molecule has 0 spiro atoms. The molecule has 0 aliphatic carbocycles. The van der Waals surface area contributed by atoms with E-state index in [2.05, 4.69) is 31.8 Å². The number of anilines is 1. The van der Waals surface area contributed by atoms with Crippen molar-refractivity contribution in [1.82, 2.24) is 10.7 Å². The first kappa shape index (κ1) is 29.6. The van der Waals surface area contributed by atoms with Gasteiger partial charge >= 0.3 is 0 Å². The number of amides is 2. The highest BCUT2D eigenvalue weighted by Crippen LogP contribution is 2.25. The van der Waals surface area contributed by atoms with Crippen LogP contribution < -0.4 is 19.8 Å². The van der Waals surface area contributed by atoms with Crippen molar-refractivity contribution in [3.8, 4) is 5.75 Å².